The van der Waals surface area contributed by atoms with Crippen molar-refractivity contribution in [1.82, 2.24) is 20.1 Å². The van der Waals surface area contributed by atoms with Gasteiger partial charge in [0.2, 0.25) is 5.89 Å². The minimum atomic E-state index is -4.34. The minimum Gasteiger partial charge on any atom is -0.447 e. The molecule has 1 amide bonds. The van der Waals surface area contributed by atoms with Gasteiger partial charge in [-0.3, -0.25) is 14.6 Å². The molecule has 1 aromatic carbocycles. The SMILES string of the molecule is CCCNC(=O)c1coc(CN2CCN(Cc3ccccc3C(F)(F)F)CC2)n1. The molecule has 2 aromatic rings. The number of rotatable bonds is 7. The van der Waals surface area contributed by atoms with E-state index in [1.165, 1.54) is 18.4 Å². The molecule has 1 aromatic heterocycles. The van der Waals surface area contributed by atoms with Crippen molar-refractivity contribution in [2.45, 2.75) is 32.6 Å². The van der Waals surface area contributed by atoms with E-state index in [1.807, 2.05) is 11.8 Å². The molecule has 1 aliphatic heterocycles. The summed E-state index contributed by atoms with van der Waals surface area (Å²) in [5.74, 6) is 0.206. The number of alkyl halides is 3. The molecule has 9 heteroatoms. The van der Waals surface area contributed by atoms with Crippen molar-refractivity contribution in [2.75, 3.05) is 32.7 Å². The van der Waals surface area contributed by atoms with Crippen LogP contribution in [0.5, 0.6) is 0 Å². The fourth-order valence-corrected chi connectivity index (χ4v) is 3.29. The highest BCUT2D eigenvalue weighted by atomic mass is 19.4. The van der Waals surface area contributed by atoms with Crippen LogP contribution < -0.4 is 5.32 Å². The third-order valence-electron chi connectivity index (χ3n) is 4.86. The molecule has 1 saturated heterocycles. The number of hydrogen-bond acceptors (Lipinski definition) is 5. The van der Waals surface area contributed by atoms with Gasteiger partial charge in [-0.2, -0.15) is 13.2 Å². The Hall–Kier alpha value is -2.39. The van der Waals surface area contributed by atoms with E-state index in [9.17, 15) is 18.0 Å². The van der Waals surface area contributed by atoms with E-state index in [-0.39, 0.29) is 18.1 Å². The normalized spacial score (nSPS) is 16.1. The molecule has 6 nitrogen and oxygen atoms in total. The van der Waals surface area contributed by atoms with E-state index >= 15 is 0 Å². The molecule has 0 aliphatic carbocycles. The quantitative estimate of drug-likeness (QED) is 0.760. The molecule has 2 heterocycles. The van der Waals surface area contributed by atoms with E-state index in [0.29, 0.717) is 50.7 Å². The number of nitrogens with zero attached hydrogens (tertiary/aromatic N) is 3. The zero-order chi connectivity index (χ0) is 20.9. The van der Waals surface area contributed by atoms with Gasteiger partial charge in [0.05, 0.1) is 12.1 Å². The monoisotopic (exact) mass is 410 g/mol. The maximum atomic E-state index is 13.2. The Morgan fingerprint density at radius 3 is 2.45 bits per heavy atom. The number of carbonyl (C=O) groups excluding carboxylic acids is 1. The number of benzene rings is 1. The van der Waals surface area contributed by atoms with E-state index in [4.69, 9.17) is 4.42 Å². The van der Waals surface area contributed by atoms with Gasteiger partial charge in [0.15, 0.2) is 5.69 Å². The summed E-state index contributed by atoms with van der Waals surface area (Å²) in [4.78, 5) is 20.2. The van der Waals surface area contributed by atoms with Gasteiger partial charge in [-0.05, 0) is 18.1 Å². The van der Waals surface area contributed by atoms with Crippen LogP contribution >= 0.6 is 0 Å². The lowest BCUT2D eigenvalue weighted by molar-refractivity contribution is -0.138. The van der Waals surface area contributed by atoms with Gasteiger partial charge in [-0.25, -0.2) is 4.98 Å². The molecule has 0 bridgehead atoms. The zero-order valence-electron chi connectivity index (χ0n) is 16.3. The molecular weight excluding hydrogens is 385 g/mol. The maximum Gasteiger partial charge on any atom is 0.416 e. The van der Waals surface area contributed by atoms with Gasteiger partial charge in [0.1, 0.15) is 6.26 Å². The molecule has 1 aliphatic rings. The predicted molar refractivity (Wildman–Crippen MR) is 101 cm³/mol. The number of carbonyl (C=O) groups is 1. The number of hydrogen-bond donors (Lipinski definition) is 1. The summed E-state index contributed by atoms with van der Waals surface area (Å²) in [6.07, 6.45) is -2.15. The van der Waals surface area contributed by atoms with Crippen LogP contribution in [0, 0.1) is 0 Å². The average Bonchev–Trinajstić information content (AvgIpc) is 3.16. The summed E-state index contributed by atoms with van der Waals surface area (Å²) in [5.41, 5.74) is -0.0178. The summed E-state index contributed by atoms with van der Waals surface area (Å²) in [5, 5.41) is 2.75. The smallest absolute Gasteiger partial charge is 0.416 e. The average molecular weight is 410 g/mol. The standard InChI is InChI=1S/C20H25F3N4O2/c1-2-7-24-19(28)17-14-29-18(25-17)13-27-10-8-26(9-11-27)12-15-5-3-4-6-16(15)20(21,22)23/h3-6,14H,2,7-13H2,1H3,(H,24,28). The largest absolute Gasteiger partial charge is 0.447 e. The lowest BCUT2D eigenvalue weighted by Crippen LogP contribution is -2.45. The van der Waals surface area contributed by atoms with Gasteiger partial charge in [-0.15, -0.1) is 0 Å². The molecule has 0 radical (unpaired) electrons. The molecular formula is C20H25F3N4O2. The molecule has 0 saturated carbocycles. The predicted octanol–water partition coefficient (Wildman–Crippen LogP) is 3.15. The Labute approximate surface area is 167 Å². The van der Waals surface area contributed by atoms with Crippen molar-refractivity contribution in [1.29, 1.82) is 0 Å². The first-order valence-electron chi connectivity index (χ1n) is 9.69. The fraction of sp³-hybridized carbons (Fsp3) is 0.500. The molecule has 29 heavy (non-hydrogen) atoms. The van der Waals surface area contributed by atoms with Crippen molar-refractivity contribution >= 4 is 5.91 Å². The van der Waals surface area contributed by atoms with Crippen LogP contribution in [-0.4, -0.2) is 53.4 Å². The van der Waals surface area contributed by atoms with E-state index in [1.54, 1.807) is 6.07 Å². The number of halogens is 3. The van der Waals surface area contributed by atoms with Crippen LogP contribution in [-0.2, 0) is 19.3 Å². The lowest BCUT2D eigenvalue weighted by atomic mass is 10.1. The lowest BCUT2D eigenvalue weighted by Gasteiger charge is -2.34. The molecule has 1 N–H and O–H groups in total. The Bertz CT molecular complexity index is 814. The van der Waals surface area contributed by atoms with Gasteiger partial charge in [-0.1, -0.05) is 25.1 Å². The first-order valence-corrected chi connectivity index (χ1v) is 9.69. The Morgan fingerprint density at radius 1 is 1.14 bits per heavy atom. The van der Waals surface area contributed by atoms with Crippen LogP contribution in [0.15, 0.2) is 34.9 Å². The third kappa shape index (κ3) is 5.80. The second kappa shape index (κ2) is 9.41. The maximum absolute atomic E-state index is 13.2. The highest BCUT2D eigenvalue weighted by Crippen LogP contribution is 2.32. The van der Waals surface area contributed by atoms with Crippen molar-refractivity contribution in [3.8, 4) is 0 Å². The van der Waals surface area contributed by atoms with Crippen LogP contribution in [0.3, 0.4) is 0 Å². The molecule has 0 atom stereocenters. The van der Waals surface area contributed by atoms with Crippen LogP contribution in [0.25, 0.3) is 0 Å². The number of oxazole rings is 1. The van der Waals surface area contributed by atoms with Gasteiger partial charge < -0.3 is 9.73 Å². The third-order valence-corrected chi connectivity index (χ3v) is 4.86. The van der Waals surface area contributed by atoms with Crippen LogP contribution in [0.4, 0.5) is 13.2 Å². The topological polar surface area (TPSA) is 61.6 Å². The zero-order valence-corrected chi connectivity index (χ0v) is 16.3. The Morgan fingerprint density at radius 2 is 1.79 bits per heavy atom. The summed E-state index contributed by atoms with van der Waals surface area (Å²) in [7, 11) is 0. The van der Waals surface area contributed by atoms with E-state index < -0.39 is 11.7 Å². The van der Waals surface area contributed by atoms with Gasteiger partial charge in [0, 0.05) is 39.3 Å². The first-order chi connectivity index (χ1) is 13.9. The van der Waals surface area contributed by atoms with Crippen molar-refractivity contribution in [3.05, 3.63) is 53.2 Å². The van der Waals surface area contributed by atoms with Gasteiger partial charge in [0.25, 0.3) is 5.91 Å². The second-order valence-corrected chi connectivity index (χ2v) is 7.09. The molecule has 3 rings (SSSR count). The highest BCUT2D eigenvalue weighted by Gasteiger charge is 2.33. The van der Waals surface area contributed by atoms with E-state index in [0.717, 1.165) is 12.5 Å². The number of nitrogens with one attached hydrogen (secondary N) is 1. The molecule has 1 fully saturated rings. The molecule has 0 spiro atoms. The summed E-state index contributed by atoms with van der Waals surface area (Å²) in [6, 6.07) is 5.71. The Kier molecular flexibility index (Phi) is 6.92. The molecule has 158 valence electrons. The minimum absolute atomic E-state index is 0.255. The summed E-state index contributed by atoms with van der Waals surface area (Å²) >= 11 is 0. The molecule has 0 unspecified atom stereocenters. The van der Waals surface area contributed by atoms with Crippen molar-refractivity contribution in [2.24, 2.45) is 0 Å². The van der Waals surface area contributed by atoms with Crippen molar-refractivity contribution < 1.29 is 22.4 Å². The van der Waals surface area contributed by atoms with Crippen LogP contribution in [0.2, 0.25) is 0 Å². The number of piperazine rings is 1. The van der Waals surface area contributed by atoms with Crippen LogP contribution in [0.1, 0.15) is 40.9 Å². The summed E-state index contributed by atoms with van der Waals surface area (Å²) < 4.78 is 44.9. The fourth-order valence-electron chi connectivity index (χ4n) is 3.29. The summed E-state index contributed by atoms with van der Waals surface area (Å²) in [6.45, 7) is 5.96. The van der Waals surface area contributed by atoms with Crippen molar-refractivity contribution in [3.63, 3.8) is 0 Å². The van der Waals surface area contributed by atoms with Gasteiger partial charge >= 0.3 is 6.18 Å². The number of amides is 1. The number of aromatic nitrogens is 1. The Balaban J connectivity index is 1.50. The highest BCUT2D eigenvalue weighted by molar-refractivity contribution is 5.91. The first kappa shape index (κ1) is 21.3. The second-order valence-electron chi connectivity index (χ2n) is 7.09. The van der Waals surface area contributed by atoms with E-state index in [2.05, 4.69) is 15.2 Å².